The zero-order chi connectivity index (χ0) is 16.7. The minimum Gasteiger partial charge on any atom is -0.306 e. The van der Waals surface area contributed by atoms with Crippen LogP contribution in [0.1, 0.15) is 5.56 Å². The van der Waals surface area contributed by atoms with E-state index in [0.29, 0.717) is 0 Å². The maximum Gasteiger partial charge on any atom is 0.262 e. The first-order chi connectivity index (χ1) is 11.1. The van der Waals surface area contributed by atoms with Crippen molar-refractivity contribution in [3.8, 4) is 0 Å². The topological polar surface area (TPSA) is 80.2 Å². The Morgan fingerprint density at radius 1 is 1.09 bits per heavy atom. The number of benzene rings is 1. The van der Waals surface area contributed by atoms with Crippen LogP contribution in [0.4, 0.5) is 0 Å². The third kappa shape index (κ3) is 5.23. The van der Waals surface area contributed by atoms with Crippen LogP contribution in [0.5, 0.6) is 0 Å². The highest BCUT2D eigenvalue weighted by atomic mass is 79.9. The Morgan fingerprint density at radius 3 is 2.57 bits per heavy atom. The smallest absolute Gasteiger partial charge is 0.262 e. The van der Waals surface area contributed by atoms with E-state index in [0.717, 1.165) is 10.0 Å². The molecule has 0 spiro atoms. The van der Waals surface area contributed by atoms with E-state index in [9.17, 15) is 14.4 Å². The van der Waals surface area contributed by atoms with Crippen molar-refractivity contribution < 1.29 is 9.59 Å². The molecule has 2 N–H and O–H groups in total. The fraction of sp³-hybridized carbons (Fsp3) is 0.0625. The number of hydrogen-bond acceptors (Lipinski definition) is 3. The second kappa shape index (κ2) is 8.09. The Labute approximate surface area is 140 Å². The lowest BCUT2D eigenvalue weighted by Crippen LogP contribution is -2.43. The minimum absolute atomic E-state index is 0.173. The molecule has 2 aromatic rings. The molecule has 1 aromatic carbocycles. The molecular formula is C16H14BrN3O3. The van der Waals surface area contributed by atoms with E-state index in [4.69, 9.17) is 0 Å². The van der Waals surface area contributed by atoms with Gasteiger partial charge in [-0.3, -0.25) is 25.2 Å². The van der Waals surface area contributed by atoms with Gasteiger partial charge in [-0.2, -0.15) is 0 Å². The first-order valence-corrected chi connectivity index (χ1v) is 7.52. The summed E-state index contributed by atoms with van der Waals surface area (Å²) in [6, 6.07) is 12.0. The molecule has 0 saturated carbocycles. The number of rotatable bonds is 4. The summed E-state index contributed by atoms with van der Waals surface area (Å²) in [5.41, 5.74) is 5.05. The number of nitrogens with one attached hydrogen (secondary N) is 2. The zero-order valence-electron chi connectivity index (χ0n) is 12.0. The second-order valence-electron chi connectivity index (χ2n) is 4.56. The van der Waals surface area contributed by atoms with Gasteiger partial charge in [-0.05, 0) is 23.8 Å². The van der Waals surface area contributed by atoms with E-state index in [1.54, 1.807) is 18.2 Å². The van der Waals surface area contributed by atoms with Gasteiger partial charge in [-0.1, -0.05) is 40.2 Å². The number of hydrazine groups is 1. The first kappa shape index (κ1) is 16.7. The standard InChI is InChI=1S/C16H14BrN3O3/c17-13-6-2-1-5-12(13)8-9-14(21)18-19-15(22)11-20-10-4-3-7-16(20)23/h1-10H,11H2,(H,18,21)(H,19,22)/b9-8+. The summed E-state index contributed by atoms with van der Waals surface area (Å²) < 4.78 is 2.09. The van der Waals surface area contributed by atoms with E-state index >= 15 is 0 Å². The van der Waals surface area contributed by atoms with Crippen LogP contribution in [0, 0.1) is 0 Å². The maximum atomic E-state index is 11.7. The largest absolute Gasteiger partial charge is 0.306 e. The van der Waals surface area contributed by atoms with Gasteiger partial charge in [0.15, 0.2) is 0 Å². The molecule has 0 aliphatic carbocycles. The molecule has 6 nitrogen and oxygen atoms in total. The molecule has 0 fully saturated rings. The van der Waals surface area contributed by atoms with Crippen LogP contribution >= 0.6 is 15.9 Å². The van der Waals surface area contributed by atoms with Gasteiger partial charge in [0.25, 0.3) is 17.4 Å². The van der Waals surface area contributed by atoms with Crippen LogP contribution in [0.15, 0.2) is 64.0 Å². The summed E-state index contributed by atoms with van der Waals surface area (Å²) in [6.45, 7) is -0.173. The highest BCUT2D eigenvalue weighted by molar-refractivity contribution is 9.10. The fourth-order valence-electron chi connectivity index (χ4n) is 1.73. The predicted octanol–water partition coefficient (Wildman–Crippen LogP) is 1.47. The van der Waals surface area contributed by atoms with Crippen molar-refractivity contribution in [2.45, 2.75) is 6.54 Å². The van der Waals surface area contributed by atoms with E-state index < -0.39 is 11.8 Å². The number of pyridine rings is 1. The normalized spacial score (nSPS) is 10.5. The SMILES string of the molecule is O=C(/C=C/c1ccccc1Br)NNC(=O)Cn1ccccc1=O. The molecule has 2 amide bonds. The van der Waals surface area contributed by atoms with Crippen molar-refractivity contribution in [1.29, 1.82) is 0 Å². The Bertz CT molecular complexity index is 799. The van der Waals surface area contributed by atoms with Crippen molar-refractivity contribution in [3.05, 3.63) is 75.1 Å². The molecule has 118 valence electrons. The molecule has 0 saturated heterocycles. The molecule has 1 aromatic heterocycles. The van der Waals surface area contributed by atoms with E-state index in [2.05, 4.69) is 26.8 Å². The number of carbonyl (C=O) groups is 2. The van der Waals surface area contributed by atoms with E-state index in [1.807, 2.05) is 24.3 Å². The third-order valence-corrected chi connectivity index (χ3v) is 3.58. The van der Waals surface area contributed by atoms with Crippen molar-refractivity contribution >= 4 is 33.8 Å². The molecule has 23 heavy (non-hydrogen) atoms. The van der Waals surface area contributed by atoms with Gasteiger partial charge in [-0.15, -0.1) is 0 Å². The van der Waals surface area contributed by atoms with Gasteiger partial charge in [-0.25, -0.2) is 0 Å². The minimum atomic E-state index is -0.499. The van der Waals surface area contributed by atoms with Crippen LogP contribution in [-0.2, 0) is 16.1 Å². The number of halogens is 1. The molecule has 1 heterocycles. The summed E-state index contributed by atoms with van der Waals surface area (Å²) in [4.78, 5) is 34.8. The van der Waals surface area contributed by atoms with Crippen LogP contribution in [-0.4, -0.2) is 16.4 Å². The average Bonchev–Trinajstić information content (AvgIpc) is 2.54. The second-order valence-corrected chi connectivity index (χ2v) is 5.41. The van der Waals surface area contributed by atoms with Crippen LogP contribution in [0.3, 0.4) is 0 Å². The van der Waals surface area contributed by atoms with Gasteiger partial charge in [0, 0.05) is 22.8 Å². The van der Waals surface area contributed by atoms with Crippen LogP contribution < -0.4 is 16.4 Å². The molecule has 0 radical (unpaired) electrons. The van der Waals surface area contributed by atoms with Crippen molar-refractivity contribution in [2.24, 2.45) is 0 Å². The van der Waals surface area contributed by atoms with Crippen molar-refractivity contribution in [1.82, 2.24) is 15.4 Å². The Morgan fingerprint density at radius 2 is 1.83 bits per heavy atom. The maximum absolute atomic E-state index is 11.7. The van der Waals surface area contributed by atoms with Crippen molar-refractivity contribution in [3.63, 3.8) is 0 Å². The summed E-state index contributed by atoms with van der Waals surface area (Å²) in [7, 11) is 0. The van der Waals surface area contributed by atoms with Gasteiger partial charge in [0.2, 0.25) is 0 Å². The lowest BCUT2D eigenvalue weighted by Gasteiger charge is -2.07. The average molecular weight is 376 g/mol. The lowest BCUT2D eigenvalue weighted by atomic mass is 10.2. The highest BCUT2D eigenvalue weighted by Gasteiger charge is 2.04. The Hall–Kier alpha value is -2.67. The van der Waals surface area contributed by atoms with Crippen LogP contribution in [0.2, 0.25) is 0 Å². The predicted molar refractivity (Wildman–Crippen MR) is 90.2 cm³/mol. The van der Waals surface area contributed by atoms with Crippen LogP contribution in [0.25, 0.3) is 6.08 Å². The van der Waals surface area contributed by atoms with E-state index in [1.165, 1.54) is 22.9 Å². The summed E-state index contributed by atoms with van der Waals surface area (Å²) in [6.07, 6.45) is 4.42. The van der Waals surface area contributed by atoms with E-state index in [-0.39, 0.29) is 12.1 Å². The number of nitrogens with zero attached hydrogens (tertiary/aromatic N) is 1. The molecular weight excluding hydrogens is 362 g/mol. The fourth-order valence-corrected chi connectivity index (χ4v) is 2.15. The van der Waals surface area contributed by atoms with Crippen molar-refractivity contribution in [2.75, 3.05) is 0 Å². The van der Waals surface area contributed by atoms with Gasteiger partial charge >= 0.3 is 0 Å². The molecule has 2 rings (SSSR count). The first-order valence-electron chi connectivity index (χ1n) is 6.73. The Kier molecular flexibility index (Phi) is 5.87. The summed E-state index contributed by atoms with van der Waals surface area (Å²) >= 11 is 3.37. The van der Waals surface area contributed by atoms with Gasteiger partial charge in [0.1, 0.15) is 6.54 Å². The highest BCUT2D eigenvalue weighted by Crippen LogP contribution is 2.16. The molecule has 0 aliphatic rings. The number of amides is 2. The molecule has 7 heteroatoms. The number of hydrogen-bond donors (Lipinski definition) is 2. The molecule has 0 bridgehead atoms. The third-order valence-electron chi connectivity index (χ3n) is 2.86. The monoisotopic (exact) mass is 375 g/mol. The Balaban J connectivity index is 1.85. The quantitative estimate of drug-likeness (QED) is 0.627. The molecule has 0 unspecified atom stereocenters. The molecule has 0 atom stereocenters. The summed E-state index contributed by atoms with van der Waals surface area (Å²) in [5.74, 6) is -0.976. The number of aromatic nitrogens is 1. The van der Waals surface area contributed by atoms with Gasteiger partial charge in [0.05, 0.1) is 0 Å². The lowest BCUT2D eigenvalue weighted by molar-refractivity contribution is -0.127. The molecule has 0 aliphatic heterocycles. The zero-order valence-corrected chi connectivity index (χ0v) is 13.6. The summed E-state index contributed by atoms with van der Waals surface area (Å²) in [5, 5.41) is 0. The number of carbonyl (C=O) groups excluding carboxylic acids is 2. The van der Waals surface area contributed by atoms with Gasteiger partial charge < -0.3 is 4.57 Å².